The van der Waals surface area contributed by atoms with Crippen LogP contribution in [0.5, 0.6) is 11.5 Å². The summed E-state index contributed by atoms with van der Waals surface area (Å²) in [4.78, 5) is 12.5. The first kappa shape index (κ1) is 19.1. The van der Waals surface area contributed by atoms with Gasteiger partial charge in [-0.15, -0.1) is 0 Å². The Labute approximate surface area is 154 Å². The molecule has 0 aliphatic carbocycles. The summed E-state index contributed by atoms with van der Waals surface area (Å²) in [7, 11) is 1.65. The molecule has 4 nitrogen and oxygen atoms in total. The number of hydrogen-bond acceptors (Lipinski definition) is 3. The SMILES string of the molecule is CC[C@H](NC(=O)[C@@H](C)Oc1ccc(Cl)cc1)c1ccc(OC)c(C)c1. The van der Waals surface area contributed by atoms with Crippen LogP contribution < -0.4 is 14.8 Å². The monoisotopic (exact) mass is 361 g/mol. The van der Waals surface area contributed by atoms with E-state index in [-0.39, 0.29) is 11.9 Å². The molecule has 0 aliphatic heterocycles. The molecule has 0 aromatic heterocycles. The molecular formula is C20H24ClNO3. The van der Waals surface area contributed by atoms with Gasteiger partial charge in [0.15, 0.2) is 6.10 Å². The van der Waals surface area contributed by atoms with Crippen LogP contribution in [0.2, 0.25) is 5.02 Å². The van der Waals surface area contributed by atoms with E-state index in [0.717, 1.165) is 23.3 Å². The van der Waals surface area contributed by atoms with Crippen LogP contribution in [0, 0.1) is 6.92 Å². The minimum atomic E-state index is -0.602. The second-order valence-electron chi connectivity index (χ2n) is 5.91. The van der Waals surface area contributed by atoms with Crippen LogP contribution in [-0.2, 0) is 4.79 Å². The average molecular weight is 362 g/mol. The van der Waals surface area contributed by atoms with Gasteiger partial charge in [-0.05, 0) is 61.7 Å². The third kappa shape index (κ3) is 5.13. The summed E-state index contributed by atoms with van der Waals surface area (Å²) < 4.78 is 11.0. The predicted octanol–water partition coefficient (Wildman–Crippen LogP) is 4.69. The van der Waals surface area contributed by atoms with Crippen LogP contribution in [0.3, 0.4) is 0 Å². The zero-order valence-electron chi connectivity index (χ0n) is 15.0. The summed E-state index contributed by atoms with van der Waals surface area (Å²) >= 11 is 5.86. The Balaban J connectivity index is 2.03. The Morgan fingerprint density at radius 3 is 2.44 bits per heavy atom. The third-order valence-corrected chi connectivity index (χ3v) is 4.29. The van der Waals surface area contributed by atoms with Crippen molar-refractivity contribution in [2.75, 3.05) is 7.11 Å². The molecule has 25 heavy (non-hydrogen) atoms. The summed E-state index contributed by atoms with van der Waals surface area (Å²) in [5.41, 5.74) is 2.09. The zero-order chi connectivity index (χ0) is 18.4. The van der Waals surface area contributed by atoms with Gasteiger partial charge < -0.3 is 14.8 Å². The van der Waals surface area contributed by atoms with Gasteiger partial charge in [-0.2, -0.15) is 0 Å². The van der Waals surface area contributed by atoms with Gasteiger partial charge in [0, 0.05) is 5.02 Å². The molecule has 0 saturated carbocycles. The zero-order valence-corrected chi connectivity index (χ0v) is 15.8. The van der Waals surface area contributed by atoms with Crippen molar-refractivity contribution in [1.29, 1.82) is 0 Å². The minimum Gasteiger partial charge on any atom is -0.496 e. The highest BCUT2D eigenvalue weighted by Crippen LogP contribution is 2.24. The Kier molecular flexibility index (Phi) is 6.71. The first-order valence-electron chi connectivity index (χ1n) is 8.31. The van der Waals surface area contributed by atoms with Gasteiger partial charge in [-0.25, -0.2) is 0 Å². The molecule has 5 heteroatoms. The maximum Gasteiger partial charge on any atom is 0.261 e. The summed E-state index contributed by atoms with van der Waals surface area (Å²) in [6, 6.07) is 12.8. The van der Waals surface area contributed by atoms with Crippen molar-refractivity contribution in [3.63, 3.8) is 0 Å². The number of amides is 1. The normalized spacial score (nSPS) is 13.0. The average Bonchev–Trinajstić information content (AvgIpc) is 2.61. The van der Waals surface area contributed by atoms with Gasteiger partial charge in [0.1, 0.15) is 11.5 Å². The molecule has 2 aromatic rings. The maximum absolute atomic E-state index is 12.5. The van der Waals surface area contributed by atoms with Crippen molar-refractivity contribution in [2.45, 2.75) is 39.3 Å². The number of carbonyl (C=O) groups is 1. The van der Waals surface area contributed by atoms with E-state index in [9.17, 15) is 4.79 Å². The van der Waals surface area contributed by atoms with E-state index in [2.05, 4.69) is 5.32 Å². The molecule has 1 amide bonds. The van der Waals surface area contributed by atoms with Gasteiger partial charge in [0.25, 0.3) is 5.91 Å². The number of aryl methyl sites for hydroxylation is 1. The van der Waals surface area contributed by atoms with Gasteiger partial charge in [-0.3, -0.25) is 4.79 Å². The topological polar surface area (TPSA) is 47.6 Å². The lowest BCUT2D eigenvalue weighted by Crippen LogP contribution is -2.38. The number of methoxy groups -OCH3 is 1. The van der Waals surface area contributed by atoms with Crippen molar-refractivity contribution < 1.29 is 14.3 Å². The van der Waals surface area contributed by atoms with Gasteiger partial charge in [0.2, 0.25) is 0 Å². The Hall–Kier alpha value is -2.20. The lowest BCUT2D eigenvalue weighted by atomic mass is 10.0. The fraction of sp³-hybridized carbons (Fsp3) is 0.350. The highest BCUT2D eigenvalue weighted by Gasteiger charge is 2.20. The number of rotatable bonds is 7. The van der Waals surface area contributed by atoms with E-state index in [1.807, 2.05) is 32.0 Å². The van der Waals surface area contributed by atoms with Crippen LogP contribution >= 0.6 is 11.6 Å². The van der Waals surface area contributed by atoms with E-state index >= 15 is 0 Å². The third-order valence-electron chi connectivity index (χ3n) is 4.04. The molecule has 0 heterocycles. The quantitative estimate of drug-likeness (QED) is 0.778. The van der Waals surface area contributed by atoms with Gasteiger partial charge in [-0.1, -0.05) is 30.7 Å². The van der Waals surface area contributed by atoms with E-state index in [0.29, 0.717) is 10.8 Å². The van der Waals surface area contributed by atoms with Crippen molar-refractivity contribution in [2.24, 2.45) is 0 Å². The van der Waals surface area contributed by atoms with E-state index in [1.54, 1.807) is 38.3 Å². The number of carbonyl (C=O) groups excluding carboxylic acids is 1. The maximum atomic E-state index is 12.5. The molecule has 0 radical (unpaired) electrons. The Morgan fingerprint density at radius 1 is 1.20 bits per heavy atom. The van der Waals surface area contributed by atoms with Gasteiger partial charge in [0.05, 0.1) is 13.2 Å². The number of hydrogen-bond donors (Lipinski definition) is 1. The largest absolute Gasteiger partial charge is 0.496 e. The van der Waals surface area contributed by atoms with E-state index in [4.69, 9.17) is 21.1 Å². The molecule has 0 unspecified atom stereocenters. The molecule has 0 fully saturated rings. The molecular weight excluding hydrogens is 338 g/mol. The van der Waals surface area contributed by atoms with Crippen LogP contribution in [0.1, 0.15) is 37.4 Å². The van der Waals surface area contributed by atoms with E-state index in [1.165, 1.54) is 0 Å². The summed E-state index contributed by atoms with van der Waals surface area (Å²) in [5, 5.41) is 3.68. The lowest BCUT2D eigenvalue weighted by Gasteiger charge is -2.22. The first-order valence-corrected chi connectivity index (χ1v) is 8.69. The Bertz CT molecular complexity index is 715. The molecule has 0 spiro atoms. The molecule has 0 bridgehead atoms. The summed E-state index contributed by atoms with van der Waals surface area (Å²) in [6.45, 7) is 5.76. The standard InChI is InChI=1S/C20H24ClNO3/c1-5-18(15-6-11-19(24-4)13(2)12-15)22-20(23)14(3)25-17-9-7-16(21)8-10-17/h6-12,14,18H,5H2,1-4H3,(H,22,23)/t14-,18+/m1/s1. The van der Waals surface area contributed by atoms with Crippen LogP contribution in [0.4, 0.5) is 0 Å². The fourth-order valence-electron chi connectivity index (χ4n) is 2.60. The van der Waals surface area contributed by atoms with Crippen molar-refractivity contribution in [3.05, 3.63) is 58.6 Å². The molecule has 134 valence electrons. The molecule has 0 saturated heterocycles. The second-order valence-corrected chi connectivity index (χ2v) is 6.35. The Morgan fingerprint density at radius 2 is 1.88 bits per heavy atom. The molecule has 2 aromatic carbocycles. The van der Waals surface area contributed by atoms with Crippen LogP contribution in [0.15, 0.2) is 42.5 Å². The van der Waals surface area contributed by atoms with Crippen LogP contribution in [0.25, 0.3) is 0 Å². The molecule has 0 aliphatic rings. The molecule has 2 atom stereocenters. The highest BCUT2D eigenvalue weighted by molar-refractivity contribution is 6.30. The van der Waals surface area contributed by atoms with Crippen molar-refractivity contribution in [1.82, 2.24) is 5.32 Å². The van der Waals surface area contributed by atoms with Crippen molar-refractivity contribution in [3.8, 4) is 11.5 Å². The predicted molar refractivity (Wildman–Crippen MR) is 100 cm³/mol. The first-order chi connectivity index (χ1) is 11.9. The number of halogens is 1. The highest BCUT2D eigenvalue weighted by atomic mass is 35.5. The fourth-order valence-corrected chi connectivity index (χ4v) is 2.73. The van der Waals surface area contributed by atoms with Crippen molar-refractivity contribution >= 4 is 17.5 Å². The number of ether oxygens (including phenoxy) is 2. The molecule has 1 N–H and O–H groups in total. The molecule has 2 rings (SSSR count). The minimum absolute atomic E-state index is 0.0756. The summed E-state index contributed by atoms with van der Waals surface area (Å²) in [6.07, 6.45) is 0.181. The van der Waals surface area contributed by atoms with E-state index < -0.39 is 6.10 Å². The number of benzene rings is 2. The second kappa shape index (κ2) is 8.77. The lowest BCUT2D eigenvalue weighted by molar-refractivity contribution is -0.128. The van der Waals surface area contributed by atoms with Crippen LogP contribution in [-0.4, -0.2) is 19.1 Å². The number of nitrogens with one attached hydrogen (secondary N) is 1. The smallest absolute Gasteiger partial charge is 0.261 e. The summed E-state index contributed by atoms with van der Waals surface area (Å²) in [5.74, 6) is 1.29. The van der Waals surface area contributed by atoms with Gasteiger partial charge >= 0.3 is 0 Å².